The van der Waals surface area contributed by atoms with Crippen molar-refractivity contribution in [2.75, 3.05) is 6.26 Å². The second-order valence-corrected chi connectivity index (χ2v) is 8.42. The van der Waals surface area contributed by atoms with E-state index < -0.39 is 0 Å². The smallest absolute Gasteiger partial charge is 0.253 e. The second kappa shape index (κ2) is 9.08. The first-order valence-corrected chi connectivity index (χ1v) is 11.4. The summed E-state index contributed by atoms with van der Waals surface area (Å²) in [5.74, 6) is 0.452. The van der Waals surface area contributed by atoms with E-state index in [4.69, 9.17) is 11.6 Å². The predicted molar refractivity (Wildman–Crippen MR) is 124 cm³/mol. The highest BCUT2D eigenvalue weighted by molar-refractivity contribution is 7.98. The van der Waals surface area contributed by atoms with Gasteiger partial charge < -0.3 is 5.32 Å². The molecular formula is C23H22ClN5OS. The number of hydrogen-bond donors (Lipinski definition) is 1. The summed E-state index contributed by atoms with van der Waals surface area (Å²) in [5.41, 5.74) is 4.47. The van der Waals surface area contributed by atoms with E-state index in [0.29, 0.717) is 16.0 Å². The minimum absolute atomic E-state index is 0.0960. The van der Waals surface area contributed by atoms with Crippen LogP contribution in [0.15, 0.2) is 59.8 Å². The summed E-state index contributed by atoms with van der Waals surface area (Å²) in [6.07, 6.45) is 2.12. The van der Waals surface area contributed by atoms with Crippen molar-refractivity contribution >= 4 is 35.0 Å². The zero-order valence-corrected chi connectivity index (χ0v) is 19.0. The van der Waals surface area contributed by atoms with Gasteiger partial charge in [0.2, 0.25) is 11.1 Å². The van der Waals surface area contributed by atoms with Crippen molar-refractivity contribution in [3.05, 3.63) is 87.7 Å². The molecule has 1 N–H and O–H groups in total. The molecule has 31 heavy (non-hydrogen) atoms. The maximum Gasteiger partial charge on any atom is 0.253 e. The third-order valence-electron chi connectivity index (χ3n) is 5.19. The van der Waals surface area contributed by atoms with E-state index in [2.05, 4.69) is 20.4 Å². The van der Waals surface area contributed by atoms with Crippen LogP contribution in [0.5, 0.6) is 0 Å². The van der Waals surface area contributed by atoms with Crippen molar-refractivity contribution in [3.63, 3.8) is 0 Å². The quantitative estimate of drug-likeness (QED) is 0.435. The van der Waals surface area contributed by atoms with E-state index in [1.807, 2.05) is 74.7 Å². The normalized spacial score (nSPS) is 12.1. The van der Waals surface area contributed by atoms with Crippen molar-refractivity contribution in [2.45, 2.75) is 31.5 Å². The van der Waals surface area contributed by atoms with E-state index >= 15 is 0 Å². The van der Waals surface area contributed by atoms with E-state index in [-0.39, 0.29) is 18.4 Å². The van der Waals surface area contributed by atoms with Crippen molar-refractivity contribution in [1.82, 2.24) is 24.9 Å². The van der Waals surface area contributed by atoms with Crippen LogP contribution >= 0.6 is 23.4 Å². The summed E-state index contributed by atoms with van der Waals surface area (Å²) in [7, 11) is 0. The maximum atomic E-state index is 13.1. The topological polar surface area (TPSA) is 72.2 Å². The van der Waals surface area contributed by atoms with Gasteiger partial charge in [-0.2, -0.15) is 4.98 Å². The lowest BCUT2D eigenvalue weighted by Gasteiger charge is -2.20. The Morgan fingerprint density at radius 1 is 1.06 bits per heavy atom. The number of fused-ring (bicyclic) bond motifs is 1. The summed E-state index contributed by atoms with van der Waals surface area (Å²) >= 11 is 7.52. The van der Waals surface area contributed by atoms with Gasteiger partial charge in [-0.1, -0.05) is 65.8 Å². The number of rotatable bonds is 6. The number of halogens is 1. The molecule has 6 nitrogen and oxygen atoms in total. The molecule has 0 bridgehead atoms. The van der Waals surface area contributed by atoms with E-state index in [1.165, 1.54) is 11.8 Å². The highest BCUT2D eigenvalue weighted by Crippen LogP contribution is 2.24. The molecule has 0 radical (unpaired) electrons. The number of nitrogens with one attached hydrogen (secondary N) is 1. The molecule has 0 saturated carbocycles. The maximum absolute atomic E-state index is 13.1. The number of carbonyl (C=O) groups is 1. The Balaban J connectivity index is 1.63. The second-order valence-electron chi connectivity index (χ2n) is 7.21. The molecule has 8 heteroatoms. The summed E-state index contributed by atoms with van der Waals surface area (Å²) in [4.78, 5) is 22.1. The largest absolute Gasteiger partial charge is 0.345 e. The monoisotopic (exact) mass is 451 g/mol. The van der Waals surface area contributed by atoms with Gasteiger partial charge in [0.1, 0.15) is 0 Å². The Bertz CT molecular complexity index is 1220. The molecule has 2 aromatic heterocycles. The number of thioether (sulfide) groups is 1. The van der Waals surface area contributed by atoms with Crippen molar-refractivity contribution in [3.8, 4) is 0 Å². The summed E-state index contributed by atoms with van der Waals surface area (Å²) in [5, 5.41) is 8.96. The molecule has 1 atom stereocenters. The van der Waals surface area contributed by atoms with Crippen LogP contribution in [0.25, 0.3) is 5.78 Å². The molecular weight excluding hydrogens is 430 g/mol. The molecule has 1 amide bonds. The molecule has 2 heterocycles. The lowest BCUT2D eigenvalue weighted by Crippen LogP contribution is -2.31. The minimum Gasteiger partial charge on any atom is -0.345 e. The van der Waals surface area contributed by atoms with Crippen molar-refractivity contribution in [1.29, 1.82) is 0 Å². The molecule has 0 aliphatic carbocycles. The van der Waals surface area contributed by atoms with Gasteiger partial charge in [-0.25, -0.2) is 9.50 Å². The lowest BCUT2D eigenvalue weighted by atomic mass is 9.98. The third kappa shape index (κ3) is 4.57. The molecule has 2 aromatic carbocycles. The summed E-state index contributed by atoms with van der Waals surface area (Å²) in [6.45, 7) is 3.84. The first kappa shape index (κ1) is 21.3. The van der Waals surface area contributed by atoms with Crippen LogP contribution in [0.4, 0.5) is 0 Å². The highest BCUT2D eigenvalue weighted by atomic mass is 35.5. The number of aryl methyl sites for hydroxylation is 2. The average Bonchev–Trinajstić information content (AvgIpc) is 3.19. The number of nitrogens with zero attached hydrogens (tertiary/aromatic N) is 4. The Morgan fingerprint density at radius 3 is 2.42 bits per heavy atom. The first-order valence-electron chi connectivity index (χ1n) is 9.83. The number of amides is 1. The highest BCUT2D eigenvalue weighted by Gasteiger charge is 2.20. The lowest BCUT2D eigenvalue weighted by molar-refractivity contribution is -0.121. The van der Waals surface area contributed by atoms with Crippen LogP contribution in [0.3, 0.4) is 0 Å². The third-order valence-corrected chi connectivity index (χ3v) is 5.98. The molecule has 0 fully saturated rings. The minimum atomic E-state index is -0.280. The van der Waals surface area contributed by atoms with Crippen LogP contribution < -0.4 is 5.32 Å². The molecule has 4 rings (SSSR count). The Hall–Kier alpha value is -2.90. The van der Waals surface area contributed by atoms with Gasteiger partial charge in [0.05, 0.1) is 12.5 Å². The Morgan fingerprint density at radius 2 is 1.74 bits per heavy atom. The van der Waals surface area contributed by atoms with Crippen molar-refractivity contribution in [2.24, 2.45) is 0 Å². The molecule has 0 saturated heterocycles. The van der Waals surface area contributed by atoms with Crippen LogP contribution in [0, 0.1) is 13.8 Å². The van der Waals surface area contributed by atoms with Gasteiger partial charge in [-0.3, -0.25) is 4.79 Å². The Kier molecular flexibility index (Phi) is 6.25. The van der Waals surface area contributed by atoms with Gasteiger partial charge >= 0.3 is 0 Å². The fourth-order valence-corrected chi connectivity index (χ4v) is 4.03. The molecule has 0 aliphatic rings. The Labute approximate surface area is 190 Å². The van der Waals surface area contributed by atoms with Gasteiger partial charge in [-0.05, 0) is 43.4 Å². The zero-order chi connectivity index (χ0) is 22.0. The molecule has 158 valence electrons. The van der Waals surface area contributed by atoms with Gasteiger partial charge in [0.15, 0.2) is 0 Å². The van der Waals surface area contributed by atoms with Crippen LogP contribution in [-0.4, -0.2) is 31.7 Å². The van der Waals surface area contributed by atoms with E-state index in [9.17, 15) is 4.79 Å². The molecule has 0 spiro atoms. The van der Waals surface area contributed by atoms with Crippen LogP contribution in [0.2, 0.25) is 5.02 Å². The fraction of sp³-hybridized carbons (Fsp3) is 0.217. The molecule has 1 unspecified atom stereocenters. The SMILES string of the molecule is CSc1nc2nc(C)c(CC(=O)NC(c3ccccc3)c3ccc(Cl)cc3)c(C)n2n1. The summed E-state index contributed by atoms with van der Waals surface area (Å²) in [6, 6.07) is 17.1. The van der Waals surface area contributed by atoms with Gasteiger partial charge in [0, 0.05) is 22.0 Å². The fourth-order valence-electron chi connectivity index (χ4n) is 3.56. The van der Waals surface area contributed by atoms with Crippen molar-refractivity contribution < 1.29 is 4.79 Å². The van der Waals surface area contributed by atoms with Gasteiger partial charge in [0.25, 0.3) is 5.78 Å². The zero-order valence-electron chi connectivity index (χ0n) is 17.5. The molecule has 4 aromatic rings. The van der Waals surface area contributed by atoms with Crippen LogP contribution in [-0.2, 0) is 11.2 Å². The molecule has 0 aliphatic heterocycles. The van der Waals surface area contributed by atoms with Crippen LogP contribution in [0.1, 0.15) is 34.1 Å². The number of benzene rings is 2. The predicted octanol–water partition coefficient (Wildman–Crippen LogP) is 4.56. The number of carbonyl (C=O) groups excluding carboxylic acids is 1. The van der Waals surface area contributed by atoms with E-state index in [1.54, 1.807) is 4.52 Å². The standard InChI is InChI=1S/C23H22ClN5OS/c1-14-19(15(2)29-22(25-14)27-23(28-29)31-3)13-20(30)26-21(16-7-5-4-6-8-16)17-9-11-18(24)12-10-17/h4-12,21H,13H2,1-3H3,(H,26,30). The number of aromatic nitrogens is 4. The number of hydrogen-bond acceptors (Lipinski definition) is 5. The summed E-state index contributed by atoms with van der Waals surface area (Å²) < 4.78 is 1.70. The van der Waals surface area contributed by atoms with Gasteiger partial charge in [-0.15, -0.1) is 5.10 Å². The van der Waals surface area contributed by atoms with E-state index in [0.717, 1.165) is 28.1 Å². The first-order chi connectivity index (χ1) is 15.0. The average molecular weight is 452 g/mol.